The Kier molecular flexibility index (Phi) is 13.1. The second-order valence-corrected chi connectivity index (χ2v) is 28.4. The van der Waals surface area contributed by atoms with Crippen molar-refractivity contribution in [1.29, 1.82) is 15.8 Å². The molecule has 0 aliphatic carbocycles. The lowest BCUT2D eigenvalue weighted by atomic mass is 9.93. The minimum atomic E-state index is 0.313. The van der Waals surface area contributed by atoms with Gasteiger partial charge in [-0.2, -0.15) is 15.8 Å². The Hall–Kier alpha value is -16.1. The molecular formula is C100H52N8O4. The van der Waals surface area contributed by atoms with Crippen molar-refractivity contribution in [2.75, 3.05) is 0 Å². The fourth-order valence-electron chi connectivity index (χ4n) is 18.2. The number of hydrogen-bond acceptors (Lipinski definition) is 7. The summed E-state index contributed by atoms with van der Waals surface area (Å²) in [5.41, 5.74) is 22.4. The summed E-state index contributed by atoms with van der Waals surface area (Å²) in [4.78, 5) is 4.06. The van der Waals surface area contributed by atoms with E-state index < -0.39 is 0 Å². The van der Waals surface area contributed by atoms with Gasteiger partial charge < -0.3 is 35.9 Å². The van der Waals surface area contributed by atoms with Gasteiger partial charge in [-0.15, -0.1) is 0 Å². The first-order valence-electron chi connectivity index (χ1n) is 36.9. The van der Waals surface area contributed by atoms with Crippen molar-refractivity contribution in [2.45, 2.75) is 0 Å². The molecule has 0 unspecified atom stereocenters. The zero-order valence-corrected chi connectivity index (χ0v) is 59.2. The third kappa shape index (κ3) is 8.60. The predicted molar refractivity (Wildman–Crippen MR) is 451 cm³/mol. The van der Waals surface area contributed by atoms with Crippen LogP contribution in [0.1, 0.15) is 16.7 Å². The normalized spacial score (nSPS) is 11.9. The van der Waals surface area contributed by atoms with Crippen molar-refractivity contribution < 1.29 is 17.7 Å². The molecule has 0 fully saturated rings. The van der Waals surface area contributed by atoms with Crippen LogP contribution < -0.4 is 0 Å². The Balaban J connectivity index is 0.000000134. The van der Waals surface area contributed by atoms with Crippen LogP contribution >= 0.6 is 0 Å². The number of nitriles is 3. The first-order valence-corrected chi connectivity index (χ1v) is 36.9. The SMILES string of the molecule is N#Cc1c(-c2ccccc2-n2c3ccccc3c3c4c(ccc32)oc2ccccc24)ccc(-n2c3ccccc3c3c4c(ccc32)oc2ccccc24)c1C#N.[C-]#[N+]c1cccc(-c2ccc(-n3c4ccccc4c4c5oc6ccccc6c5ccc43)c(C#N)c2)c1-n1c2ccccc2c2c3oc4ccccc4c3ccc21. The van der Waals surface area contributed by atoms with E-state index in [-0.39, 0.29) is 0 Å². The quantitative estimate of drug-likeness (QED) is 0.151. The lowest BCUT2D eigenvalue weighted by molar-refractivity contribution is 0.669. The van der Waals surface area contributed by atoms with E-state index in [1.165, 1.54) is 0 Å². The fourth-order valence-corrected chi connectivity index (χ4v) is 18.2. The van der Waals surface area contributed by atoms with Gasteiger partial charge in [0, 0.05) is 86.5 Å². The summed E-state index contributed by atoms with van der Waals surface area (Å²) in [7, 11) is 0. The number of para-hydroxylation sites is 10. The molecule has 0 N–H and O–H groups in total. The van der Waals surface area contributed by atoms with E-state index >= 15 is 0 Å². The molecule has 8 aromatic heterocycles. The Morgan fingerprint density at radius 1 is 0.259 bits per heavy atom. The fraction of sp³-hybridized carbons (Fsp3) is 0. The molecule has 12 nitrogen and oxygen atoms in total. The van der Waals surface area contributed by atoms with Gasteiger partial charge in [-0.3, -0.25) is 0 Å². The van der Waals surface area contributed by atoms with Crippen LogP contribution in [0, 0.1) is 40.6 Å². The molecule has 112 heavy (non-hydrogen) atoms. The highest BCUT2D eigenvalue weighted by molar-refractivity contribution is 6.30. The maximum absolute atomic E-state index is 11.0. The molecule has 12 heteroatoms. The van der Waals surface area contributed by atoms with Gasteiger partial charge in [0.25, 0.3) is 0 Å². The molecule has 0 amide bonds. The first kappa shape index (κ1) is 62.1. The summed E-state index contributed by atoms with van der Waals surface area (Å²) < 4.78 is 34.4. The van der Waals surface area contributed by atoms with Crippen molar-refractivity contribution >= 4 is 181 Å². The third-order valence-corrected chi connectivity index (χ3v) is 22.8. The van der Waals surface area contributed by atoms with Gasteiger partial charge in [0.05, 0.1) is 101 Å². The largest absolute Gasteiger partial charge is 0.456 e. The maximum atomic E-state index is 11.0. The highest BCUT2D eigenvalue weighted by atomic mass is 16.3. The van der Waals surface area contributed by atoms with Crippen LogP contribution in [-0.4, -0.2) is 18.3 Å². The highest BCUT2D eigenvalue weighted by Gasteiger charge is 2.29. The van der Waals surface area contributed by atoms with Gasteiger partial charge in [-0.25, -0.2) is 4.85 Å². The number of rotatable bonds is 6. The second kappa shape index (κ2) is 23.7. The lowest BCUT2D eigenvalue weighted by Gasteiger charge is -2.17. The molecule has 24 rings (SSSR count). The summed E-state index contributed by atoms with van der Waals surface area (Å²) in [6.07, 6.45) is 0. The molecule has 0 saturated carbocycles. The molecule has 0 atom stereocenters. The summed E-state index contributed by atoms with van der Waals surface area (Å²) >= 11 is 0. The van der Waals surface area contributed by atoms with Gasteiger partial charge in [0.15, 0.2) is 0 Å². The first-order chi connectivity index (χ1) is 55.4. The van der Waals surface area contributed by atoms with Crippen molar-refractivity contribution in [3.63, 3.8) is 0 Å². The van der Waals surface area contributed by atoms with Gasteiger partial charge in [0.2, 0.25) is 5.69 Å². The standard InChI is InChI=1S/2C50H26N4O2/c1-52-38-16-10-15-31(48(38)54-41-18-7-3-14-37(41)47-43(54)26-23-35-33-12-5-9-20-45(33)56-50(35)47)29-21-24-39(30(27-29)28-51)53-40-17-6-2-13-36(40)46-42(53)25-22-34-32-11-4-8-19-44(32)55-49(34)46;51-27-35-29(21-22-40(36(35)28-52)54-39-18-8-3-13-32(39)48-42(54)24-26-46-50(48)34-15-5-10-20-44(34)56-46)30-11-1-6-16-37(30)53-38-17-7-2-12-31(38)47-41(53)23-25-45-49(47)33-14-4-9-19-43(33)55-45/h2-27H;1-26H. The smallest absolute Gasteiger partial charge is 0.211 e. The zero-order chi connectivity index (χ0) is 74.1. The molecule has 516 valence electrons. The number of fused-ring (bicyclic) bond motifs is 28. The number of furan rings is 4. The minimum Gasteiger partial charge on any atom is -0.456 e. The van der Waals surface area contributed by atoms with Crippen LogP contribution in [0.25, 0.3) is 225 Å². The monoisotopic (exact) mass is 1430 g/mol. The van der Waals surface area contributed by atoms with Gasteiger partial charge in [-0.05, 0) is 132 Å². The Bertz CT molecular complexity index is 8480. The molecule has 0 aliphatic heterocycles. The number of nitrogens with zero attached hydrogens (tertiary/aromatic N) is 8. The number of aromatic nitrogens is 4. The van der Waals surface area contributed by atoms with E-state index in [1.54, 1.807) is 0 Å². The van der Waals surface area contributed by atoms with Crippen LogP contribution in [0.5, 0.6) is 0 Å². The molecule has 0 aliphatic rings. The zero-order valence-electron chi connectivity index (χ0n) is 59.2. The van der Waals surface area contributed by atoms with Gasteiger partial charge >= 0.3 is 0 Å². The number of hydrogen-bond donors (Lipinski definition) is 0. The van der Waals surface area contributed by atoms with Crippen molar-refractivity contribution in [1.82, 2.24) is 18.3 Å². The summed E-state index contributed by atoms with van der Waals surface area (Å²) in [5, 5.41) is 49.7. The van der Waals surface area contributed by atoms with Crippen LogP contribution in [0.2, 0.25) is 0 Å². The molecule has 0 spiro atoms. The van der Waals surface area contributed by atoms with E-state index in [0.29, 0.717) is 33.6 Å². The molecule has 24 aromatic rings. The predicted octanol–water partition coefficient (Wildman–Crippen LogP) is 26.9. The van der Waals surface area contributed by atoms with E-state index in [0.717, 1.165) is 209 Å². The minimum absolute atomic E-state index is 0.313. The summed E-state index contributed by atoms with van der Waals surface area (Å²) in [6.45, 7) is 8.35. The lowest BCUT2D eigenvalue weighted by Crippen LogP contribution is -2.03. The Labute approximate surface area is 635 Å². The van der Waals surface area contributed by atoms with E-state index in [1.807, 2.05) is 182 Å². The van der Waals surface area contributed by atoms with E-state index in [4.69, 9.17) is 24.2 Å². The Morgan fingerprint density at radius 2 is 0.670 bits per heavy atom. The van der Waals surface area contributed by atoms with Crippen LogP contribution in [0.15, 0.2) is 333 Å². The number of benzene rings is 16. The third-order valence-electron chi connectivity index (χ3n) is 22.8. The van der Waals surface area contributed by atoms with Crippen LogP contribution in [0.4, 0.5) is 5.69 Å². The molecule has 8 heterocycles. The molecule has 0 bridgehead atoms. The molecule has 16 aromatic carbocycles. The molecule has 0 radical (unpaired) electrons. The average molecular weight is 1430 g/mol. The van der Waals surface area contributed by atoms with Crippen molar-refractivity contribution in [2.24, 2.45) is 0 Å². The van der Waals surface area contributed by atoms with Crippen molar-refractivity contribution in [3.05, 3.63) is 344 Å². The second-order valence-electron chi connectivity index (χ2n) is 28.4. The maximum Gasteiger partial charge on any atom is 0.211 e. The van der Waals surface area contributed by atoms with Gasteiger partial charge in [-0.1, -0.05) is 194 Å². The Morgan fingerprint density at radius 3 is 1.20 bits per heavy atom. The summed E-state index contributed by atoms with van der Waals surface area (Å²) in [5.74, 6) is 0. The van der Waals surface area contributed by atoms with Gasteiger partial charge in [0.1, 0.15) is 62.9 Å². The average Bonchev–Trinajstić information content (AvgIpc) is 1.64. The topological polar surface area (TPSA) is 148 Å². The van der Waals surface area contributed by atoms with Crippen LogP contribution in [-0.2, 0) is 0 Å². The molecule has 0 saturated heterocycles. The van der Waals surface area contributed by atoms with Crippen LogP contribution in [0.3, 0.4) is 0 Å². The summed E-state index contributed by atoms with van der Waals surface area (Å²) in [6, 6.07) is 114. The molecular weight excluding hydrogens is 1380 g/mol. The van der Waals surface area contributed by atoms with E-state index in [2.05, 4.69) is 175 Å². The highest BCUT2D eigenvalue weighted by Crippen LogP contribution is 2.50. The van der Waals surface area contributed by atoms with E-state index in [9.17, 15) is 15.8 Å². The van der Waals surface area contributed by atoms with Crippen molar-refractivity contribution in [3.8, 4) is 63.2 Å².